The molecule has 0 aromatic heterocycles. The number of aliphatic hydroxyl groups is 1. The van der Waals surface area contributed by atoms with Crippen molar-refractivity contribution in [3.63, 3.8) is 0 Å². The zero-order valence-corrected chi connectivity index (χ0v) is 24.7. The van der Waals surface area contributed by atoms with Crippen LogP contribution in [0.4, 0.5) is 0 Å². The molecule has 1 amide bonds. The molecule has 0 aliphatic carbocycles. The van der Waals surface area contributed by atoms with Crippen LogP contribution >= 0.6 is 0 Å². The van der Waals surface area contributed by atoms with Crippen LogP contribution in [0.15, 0.2) is 89.0 Å². The van der Waals surface area contributed by atoms with E-state index < -0.39 is 11.6 Å². The van der Waals surface area contributed by atoms with Gasteiger partial charge in [-0.2, -0.15) is 0 Å². The number of nitrogens with one attached hydrogen (secondary N) is 1. The molecule has 1 aliphatic heterocycles. The number of aliphatic hydroxyl groups excluding tert-OH is 1. The summed E-state index contributed by atoms with van der Waals surface area (Å²) in [7, 11) is 0. The smallest absolute Gasteiger partial charge is 0.252 e. The first kappa shape index (κ1) is 31.6. The van der Waals surface area contributed by atoms with Crippen LogP contribution in [0.5, 0.6) is 5.75 Å². The number of rotatable bonds is 16. The molecule has 3 aromatic rings. The van der Waals surface area contributed by atoms with Gasteiger partial charge in [0.1, 0.15) is 5.75 Å². The molecule has 0 saturated heterocycles. The summed E-state index contributed by atoms with van der Waals surface area (Å²) in [5.74, 6) is 0.750. The highest BCUT2D eigenvalue weighted by atomic mass is 16.5. The second-order valence-corrected chi connectivity index (χ2v) is 10.6. The standard InChI is InChI=1S/C33H39N5O5/c1-24(2)41-20-8-18-35-32(40)33(22-27-12-6-7-13-28(27)23-36-38-34)30(25-10-4-3-5-11-25)43-31(37-33)26-14-16-29(17-15-26)42-21-9-19-39/h3-7,10-17,24,30,39H,8-9,18-23H2,1-2H3,(H,35,40)/t30-,33-/m1/s1. The summed E-state index contributed by atoms with van der Waals surface area (Å²) in [6.07, 6.45) is 0.809. The van der Waals surface area contributed by atoms with Crippen molar-refractivity contribution < 1.29 is 24.1 Å². The van der Waals surface area contributed by atoms with Crippen molar-refractivity contribution in [1.29, 1.82) is 0 Å². The van der Waals surface area contributed by atoms with E-state index in [4.69, 9.17) is 29.8 Å². The largest absolute Gasteiger partial charge is 0.494 e. The summed E-state index contributed by atoms with van der Waals surface area (Å²) in [6.45, 7) is 5.52. The van der Waals surface area contributed by atoms with Gasteiger partial charge in [-0.1, -0.05) is 59.7 Å². The Morgan fingerprint density at radius 1 is 1.05 bits per heavy atom. The van der Waals surface area contributed by atoms with Crippen molar-refractivity contribution in [3.05, 3.63) is 112 Å². The normalized spacial score (nSPS) is 17.6. The highest BCUT2D eigenvalue weighted by molar-refractivity contribution is 6.01. The first-order chi connectivity index (χ1) is 21.0. The Hall–Kier alpha value is -4.37. The van der Waals surface area contributed by atoms with Crippen molar-refractivity contribution in [2.45, 2.75) is 57.4 Å². The first-order valence-corrected chi connectivity index (χ1v) is 14.6. The van der Waals surface area contributed by atoms with Crippen molar-refractivity contribution in [3.8, 4) is 5.75 Å². The van der Waals surface area contributed by atoms with Gasteiger partial charge in [-0.3, -0.25) is 4.79 Å². The molecule has 2 N–H and O–H groups in total. The monoisotopic (exact) mass is 585 g/mol. The maximum atomic E-state index is 14.3. The van der Waals surface area contributed by atoms with Gasteiger partial charge in [0, 0.05) is 43.1 Å². The molecule has 0 bridgehead atoms. The number of ether oxygens (including phenoxy) is 3. The molecule has 226 valence electrons. The molecule has 1 heterocycles. The topological polar surface area (TPSA) is 138 Å². The molecule has 4 rings (SSSR count). The molecule has 1 aliphatic rings. The van der Waals surface area contributed by atoms with Crippen LogP contribution in [-0.2, 0) is 27.2 Å². The summed E-state index contributed by atoms with van der Waals surface area (Å²) < 4.78 is 17.9. The van der Waals surface area contributed by atoms with Crippen LogP contribution in [0.3, 0.4) is 0 Å². The van der Waals surface area contributed by atoms with E-state index in [1.165, 1.54) is 0 Å². The Morgan fingerprint density at radius 3 is 2.47 bits per heavy atom. The minimum atomic E-state index is -1.35. The lowest BCUT2D eigenvalue weighted by Crippen LogP contribution is -2.50. The Morgan fingerprint density at radius 2 is 1.77 bits per heavy atom. The summed E-state index contributed by atoms with van der Waals surface area (Å²) >= 11 is 0. The fourth-order valence-electron chi connectivity index (χ4n) is 4.94. The molecule has 2 atom stereocenters. The molecule has 0 fully saturated rings. The van der Waals surface area contributed by atoms with Crippen LogP contribution in [0.25, 0.3) is 10.4 Å². The average Bonchev–Trinajstić information content (AvgIpc) is 3.41. The molecule has 0 spiro atoms. The number of benzene rings is 3. The second-order valence-electron chi connectivity index (χ2n) is 10.6. The summed E-state index contributed by atoms with van der Waals surface area (Å²) in [5.41, 5.74) is 10.8. The number of hydrogen-bond acceptors (Lipinski definition) is 7. The number of carbonyl (C=O) groups excluding carboxylic acids is 1. The third kappa shape index (κ3) is 8.35. The van der Waals surface area contributed by atoms with E-state index in [0.717, 1.165) is 16.7 Å². The van der Waals surface area contributed by atoms with Crippen LogP contribution in [0, 0.1) is 0 Å². The first-order valence-electron chi connectivity index (χ1n) is 14.6. The van der Waals surface area contributed by atoms with Crippen molar-refractivity contribution in [2.75, 3.05) is 26.4 Å². The quantitative estimate of drug-likeness (QED) is 0.0963. The number of aliphatic imine (C=N–C) groups is 1. The van der Waals surface area contributed by atoms with Crippen molar-refractivity contribution in [1.82, 2.24) is 5.32 Å². The predicted octanol–water partition coefficient (Wildman–Crippen LogP) is 5.69. The summed E-state index contributed by atoms with van der Waals surface area (Å²) in [6, 6.07) is 24.6. The molecule has 0 saturated carbocycles. The number of carbonyl (C=O) groups is 1. The van der Waals surface area contributed by atoms with Gasteiger partial charge in [0.15, 0.2) is 11.6 Å². The van der Waals surface area contributed by atoms with E-state index in [1.54, 1.807) is 0 Å². The minimum absolute atomic E-state index is 0.0600. The molecule has 10 heteroatoms. The van der Waals surface area contributed by atoms with E-state index in [0.29, 0.717) is 49.8 Å². The van der Waals surface area contributed by atoms with Crippen LogP contribution in [0.1, 0.15) is 55.0 Å². The fourth-order valence-corrected chi connectivity index (χ4v) is 4.94. The van der Waals surface area contributed by atoms with E-state index in [2.05, 4.69) is 15.3 Å². The van der Waals surface area contributed by atoms with Gasteiger partial charge >= 0.3 is 0 Å². The van der Waals surface area contributed by atoms with E-state index >= 15 is 0 Å². The fraction of sp³-hybridized carbons (Fsp3) is 0.394. The third-order valence-electron chi connectivity index (χ3n) is 7.07. The van der Waals surface area contributed by atoms with Gasteiger partial charge in [0.2, 0.25) is 5.90 Å². The van der Waals surface area contributed by atoms with Gasteiger partial charge in [-0.05, 0) is 66.8 Å². The molecular weight excluding hydrogens is 546 g/mol. The van der Waals surface area contributed by atoms with E-state index in [-0.39, 0.29) is 31.6 Å². The van der Waals surface area contributed by atoms with E-state index in [9.17, 15) is 4.79 Å². The lowest BCUT2D eigenvalue weighted by Gasteiger charge is -2.31. The Kier molecular flexibility index (Phi) is 11.6. The molecule has 10 nitrogen and oxygen atoms in total. The molecular formula is C33H39N5O5. The van der Waals surface area contributed by atoms with Gasteiger partial charge < -0.3 is 24.6 Å². The lowest BCUT2D eigenvalue weighted by molar-refractivity contribution is -0.129. The Labute approximate surface area is 252 Å². The van der Waals surface area contributed by atoms with E-state index in [1.807, 2.05) is 92.7 Å². The second kappa shape index (κ2) is 15.7. The maximum Gasteiger partial charge on any atom is 0.252 e. The number of amides is 1. The van der Waals surface area contributed by atoms with Crippen LogP contribution in [0.2, 0.25) is 0 Å². The Bertz CT molecular complexity index is 1410. The maximum absolute atomic E-state index is 14.3. The molecule has 0 unspecified atom stereocenters. The van der Waals surface area contributed by atoms with Gasteiger partial charge in [0.25, 0.3) is 5.91 Å². The molecule has 3 aromatic carbocycles. The number of nitrogens with zero attached hydrogens (tertiary/aromatic N) is 4. The summed E-state index contributed by atoms with van der Waals surface area (Å²) in [5, 5.41) is 15.9. The predicted molar refractivity (Wildman–Crippen MR) is 165 cm³/mol. The number of azide groups is 1. The highest BCUT2D eigenvalue weighted by Crippen LogP contribution is 2.43. The van der Waals surface area contributed by atoms with Crippen molar-refractivity contribution in [2.24, 2.45) is 10.1 Å². The summed E-state index contributed by atoms with van der Waals surface area (Å²) in [4.78, 5) is 22.3. The van der Waals surface area contributed by atoms with Crippen molar-refractivity contribution >= 4 is 11.8 Å². The lowest BCUT2D eigenvalue weighted by atomic mass is 9.81. The minimum Gasteiger partial charge on any atom is -0.494 e. The zero-order chi connectivity index (χ0) is 30.5. The van der Waals surface area contributed by atoms with Gasteiger partial charge in [-0.25, -0.2) is 4.99 Å². The van der Waals surface area contributed by atoms with Gasteiger partial charge in [-0.15, -0.1) is 0 Å². The van der Waals surface area contributed by atoms with Crippen LogP contribution in [-0.4, -0.2) is 54.9 Å². The highest BCUT2D eigenvalue weighted by Gasteiger charge is 2.53. The Balaban J connectivity index is 1.74. The number of hydrogen-bond donors (Lipinski definition) is 2. The molecule has 43 heavy (non-hydrogen) atoms. The third-order valence-corrected chi connectivity index (χ3v) is 7.07. The van der Waals surface area contributed by atoms with Crippen LogP contribution < -0.4 is 10.1 Å². The molecule has 0 radical (unpaired) electrons. The zero-order valence-electron chi connectivity index (χ0n) is 24.7. The average molecular weight is 586 g/mol. The van der Waals surface area contributed by atoms with Gasteiger partial charge in [0.05, 0.1) is 19.3 Å². The SMILES string of the molecule is CC(C)OCCCNC(=O)[C@]1(Cc2ccccc2CN=[N+]=[N-])N=C(c2ccc(OCCCO)cc2)O[C@@H]1c1ccccc1.